The summed E-state index contributed by atoms with van der Waals surface area (Å²) in [6.45, 7) is 0.133. The number of carbonyl (C=O) groups is 3. The van der Waals surface area contributed by atoms with Crippen molar-refractivity contribution in [1.29, 1.82) is 0 Å². The summed E-state index contributed by atoms with van der Waals surface area (Å²) in [4.78, 5) is 43.3. The molecule has 3 aromatic rings. The highest BCUT2D eigenvalue weighted by molar-refractivity contribution is 6.04. The highest BCUT2D eigenvalue weighted by Crippen LogP contribution is 2.41. The first-order valence-corrected chi connectivity index (χ1v) is 15.5. The molecule has 0 aromatic heterocycles. The standard InChI is InChI=1S/C35H34F3N3O6/c36-27-14-15-28(37)32(31(27)38)47-16-4-7-21-8-10-23(11-9-21)26-17-25-19-39(34(43)44)20-29(41(25)35(45)46)30(26)33(42)40(24-12-13-24)18-22-5-2-1-3-6-22/h1-3,5-6,8-11,14-15,24-25,29H,4,7,12-13,16-20H2,(H,43,44)(H,45,46)/t25-,29-/m1/s1. The molecule has 3 amide bonds. The lowest BCUT2D eigenvalue weighted by molar-refractivity contribution is -0.129. The van der Waals surface area contributed by atoms with Gasteiger partial charge in [0.05, 0.1) is 18.7 Å². The van der Waals surface area contributed by atoms with Gasteiger partial charge in [0.25, 0.3) is 5.91 Å². The zero-order valence-electron chi connectivity index (χ0n) is 25.4. The Kier molecular flexibility index (Phi) is 9.10. The summed E-state index contributed by atoms with van der Waals surface area (Å²) in [5, 5.41) is 20.1. The summed E-state index contributed by atoms with van der Waals surface area (Å²) in [6.07, 6.45) is 0.326. The predicted molar refractivity (Wildman–Crippen MR) is 165 cm³/mol. The molecule has 2 heterocycles. The molecule has 1 saturated carbocycles. The Balaban J connectivity index is 1.28. The molecule has 2 fully saturated rings. The second-order valence-electron chi connectivity index (χ2n) is 12.1. The van der Waals surface area contributed by atoms with Gasteiger partial charge < -0.3 is 24.7 Å². The minimum Gasteiger partial charge on any atom is -0.488 e. The van der Waals surface area contributed by atoms with E-state index in [1.807, 2.05) is 54.6 Å². The van der Waals surface area contributed by atoms with Gasteiger partial charge in [-0.2, -0.15) is 4.39 Å². The first-order chi connectivity index (χ1) is 22.6. The van der Waals surface area contributed by atoms with Gasteiger partial charge in [0, 0.05) is 31.2 Å². The van der Waals surface area contributed by atoms with E-state index < -0.39 is 47.5 Å². The lowest BCUT2D eigenvalue weighted by Gasteiger charge is -2.49. The normalized spacial score (nSPS) is 19.0. The average Bonchev–Trinajstić information content (AvgIpc) is 3.90. The third-order valence-electron chi connectivity index (χ3n) is 8.98. The maximum absolute atomic E-state index is 14.5. The number of amides is 3. The van der Waals surface area contributed by atoms with Gasteiger partial charge in [-0.25, -0.2) is 18.4 Å². The Labute approximate surface area is 269 Å². The largest absolute Gasteiger partial charge is 0.488 e. The zero-order valence-corrected chi connectivity index (χ0v) is 25.4. The van der Waals surface area contributed by atoms with Gasteiger partial charge in [-0.3, -0.25) is 9.69 Å². The van der Waals surface area contributed by atoms with Crippen molar-refractivity contribution in [2.75, 3.05) is 19.7 Å². The minimum absolute atomic E-state index is 0.00514. The van der Waals surface area contributed by atoms with Gasteiger partial charge >= 0.3 is 12.2 Å². The van der Waals surface area contributed by atoms with E-state index in [1.54, 1.807) is 4.90 Å². The molecule has 3 aliphatic rings. The van der Waals surface area contributed by atoms with Crippen LogP contribution in [0.25, 0.3) is 5.57 Å². The first-order valence-electron chi connectivity index (χ1n) is 15.5. The predicted octanol–water partition coefficient (Wildman–Crippen LogP) is 6.17. The Bertz CT molecular complexity index is 1700. The molecule has 6 rings (SSSR count). The molecular formula is C35H34F3N3O6. The molecule has 1 aliphatic carbocycles. The Hall–Kier alpha value is -5.00. The second kappa shape index (κ2) is 13.4. The molecule has 0 spiro atoms. The van der Waals surface area contributed by atoms with Crippen LogP contribution in [0.15, 0.2) is 72.3 Å². The molecule has 0 unspecified atom stereocenters. The van der Waals surface area contributed by atoms with Crippen LogP contribution in [0, 0.1) is 17.5 Å². The van der Waals surface area contributed by atoms with Crippen molar-refractivity contribution in [3.8, 4) is 5.75 Å². The van der Waals surface area contributed by atoms with Crippen molar-refractivity contribution in [2.45, 2.75) is 56.8 Å². The highest BCUT2D eigenvalue weighted by atomic mass is 19.2. The van der Waals surface area contributed by atoms with Crippen LogP contribution >= 0.6 is 0 Å². The number of carbonyl (C=O) groups excluding carboxylic acids is 1. The number of piperazine rings is 1. The fraction of sp³-hybridized carbons (Fsp3) is 0.343. The smallest absolute Gasteiger partial charge is 0.408 e. The van der Waals surface area contributed by atoms with Crippen LogP contribution in [-0.4, -0.2) is 80.8 Å². The number of halogens is 3. The summed E-state index contributed by atoms with van der Waals surface area (Å²) in [5.74, 6) is -4.61. The number of ether oxygens (including phenoxy) is 1. The number of benzene rings is 3. The first kappa shape index (κ1) is 32.0. The summed E-state index contributed by atoms with van der Waals surface area (Å²) < 4.78 is 46.4. The van der Waals surface area contributed by atoms with Gasteiger partial charge in [0.15, 0.2) is 17.4 Å². The molecule has 12 heteroatoms. The van der Waals surface area contributed by atoms with Crippen LogP contribution in [0.1, 0.15) is 42.4 Å². The van der Waals surface area contributed by atoms with E-state index in [0.29, 0.717) is 31.0 Å². The summed E-state index contributed by atoms with van der Waals surface area (Å²) >= 11 is 0. The fourth-order valence-corrected chi connectivity index (χ4v) is 6.55. The van der Waals surface area contributed by atoms with Gasteiger partial charge in [-0.05, 0) is 66.5 Å². The van der Waals surface area contributed by atoms with Crippen LogP contribution in [0.5, 0.6) is 5.75 Å². The summed E-state index contributed by atoms with van der Waals surface area (Å²) in [6, 6.07) is 16.8. The van der Waals surface area contributed by atoms with E-state index in [1.165, 1.54) is 9.80 Å². The van der Waals surface area contributed by atoms with Gasteiger partial charge in [-0.1, -0.05) is 54.6 Å². The SMILES string of the molecule is O=C(O)N1C[C@H]2CC(c3ccc(CCCOc4c(F)ccc(F)c4F)cc3)=C(C(=O)N(Cc3ccccc3)C3CC3)[C@@H](C1)N2C(=O)O. The van der Waals surface area contributed by atoms with E-state index in [0.717, 1.165) is 35.6 Å². The van der Waals surface area contributed by atoms with Crippen LogP contribution in [-0.2, 0) is 17.8 Å². The maximum Gasteiger partial charge on any atom is 0.408 e. The monoisotopic (exact) mass is 649 g/mol. The number of aryl methyl sites for hydroxylation is 1. The molecule has 2 aliphatic heterocycles. The second-order valence-corrected chi connectivity index (χ2v) is 12.1. The number of hydrogen-bond donors (Lipinski definition) is 2. The quantitative estimate of drug-likeness (QED) is 0.201. The molecule has 3 aromatic carbocycles. The molecule has 2 atom stereocenters. The Morgan fingerprint density at radius 2 is 1.55 bits per heavy atom. The molecule has 0 radical (unpaired) electrons. The molecule has 2 bridgehead atoms. The van der Waals surface area contributed by atoms with Gasteiger partial charge in [-0.15, -0.1) is 0 Å². The van der Waals surface area contributed by atoms with E-state index in [2.05, 4.69) is 0 Å². The minimum atomic E-state index is -1.37. The molecule has 2 N–H and O–H groups in total. The number of hydrogen-bond acceptors (Lipinski definition) is 4. The topological polar surface area (TPSA) is 111 Å². The van der Waals surface area contributed by atoms with E-state index in [4.69, 9.17) is 4.74 Å². The van der Waals surface area contributed by atoms with Gasteiger partial charge in [0.2, 0.25) is 5.82 Å². The molecule has 246 valence electrons. The number of nitrogens with zero attached hydrogens (tertiary/aromatic N) is 3. The van der Waals surface area contributed by atoms with Crippen molar-refractivity contribution >= 4 is 23.7 Å². The van der Waals surface area contributed by atoms with Crippen molar-refractivity contribution < 1.29 is 42.5 Å². The van der Waals surface area contributed by atoms with Crippen LogP contribution in [0.2, 0.25) is 0 Å². The summed E-state index contributed by atoms with van der Waals surface area (Å²) in [7, 11) is 0. The zero-order chi connectivity index (χ0) is 33.2. The van der Waals surface area contributed by atoms with Gasteiger partial charge in [0.1, 0.15) is 0 Å². The van der Waals surface area contributed by atoms with E-state index in [-0.39, 0.29) is 43.6 Å². The number of carboxylic acid groups (broad SMARTS) is 2. The molecule has 1 saturated heterocycles. The Morgan fingerprint density at radius 3 is 2.21 bits per heavy atom. The van der Waals surface area contributed by atoms with E-state index in [9.17, 15) is 37.8 Å². The lowest BCUT2D eigenvalue weighted by atomic mass is 9.81. The average molecular weight is 650 g/mol. The van der Waals surface area contributed by atoms with Crippen LogP contribution < -0.4 is 4.74 Å². The highest BCUT2D eigenvalue weighted by Gasteiger charge is 2.49. The Morgan fingerprint density at radius 1 is 0.851 bits per heavy atom. The third-order valence-corrected chi connectivity index (χ3v) is 8.98. The van der Waals surface area contributed by atoms with Crippen molar-refractivity contribution in [3.05, 3.63) is 106 Å². The lowest BCUT2D eigenvalue weighted by Crippen LogP contribution is -2.65. The van der Waals surface area contributed by atoms with E-state index >= 15 is 0 Å². The fourth-order valence-electron chi connectivity index (χ4n) is 6.55. The number of fused-ring (bicyclic) bond motifs is 2. The molecule has 47 heavy (non-hydrogen) atoms. The number of rotatable bonds is 10. The van der Waals surface area contributed by atoms with Crippen molar-refractivity contribution in [2.24, 2.45) is 0 Å². The van der Waals surface area contributed by atoms with Crippen molar-refractivity contribution in [1.82, 2.24) is 14.7 Å². The molecular weight excluding hydrogens is 615 g/mol. The third kappa shape index (κ3) is 6.77. The van der Waals surface area contributed by atoms with Crippen LogP contribution in [0.4, 0.5) is 22.8 Å². The molecule has 9 nitrogen and oxygen atoms in total. The summed E-state index contributed by atoms with van der Waals surface area (Å²) in [5.41, 5.74) is 3.54. The maximum atomic E-state index is 14.5. The van der Waals surface area contributed by atoms with Crippen molar-refractivity contribution in [3.63, 3.8) is 0 Å². The van der Waals surface area contributed by atoms with Crippen LogP contribution in [0.3, 0.4) is 0 Å².